The Morgan fingerprint density at radius 2 is 1.98 bits per heavy atom. The molecule has 4 heterocycles. The molecule has 3 N–H and O–H groups in total. The van der Waals surface area contributed by atoms with Crippen LogP contribution in [0.5, 0.6) is 11.5 Å². The Labute approximate surface area is 259 Å². The Kier molecular flexibility index (Phi) is 8.32. The van der Waals surface area contributed by atoms with E-state index in [4.69, 9.17) is 14.0 Å². The molecule has 45 heavy (non-hydrogen) atoms. The number of aryl methyl sites for hydroxylation is 1. The SMILES string of the molecule is COc1cc(C2CNCCO2)c(-c2cnn(C)c2)cc1Nc1ncc(C#N)c(Nc2ccc3nccnc3c2OP(C)(C)=O)n1. The van der Waals surface area contributed by atoms with Gasteiger partial charge in [-0.1, -0.05) is 0 Å². The molecule has 15 heteroatoms. The van der Waals surface area contributed by atoms with Gasteiger partial charge in [-0.2, -0.15) is 15.3 Å². The molecule has 0 bridgehead atoms. The quantitative estimate of drug-likeness (QED) is 0.191. The van der Waals surface area contributed by atoms with Gasteiger partial charge in [0.1, 0.15) is 22.9 Å². The van der Waals surface area contributed by atoms with Crippen LogP contribution in [-0.2, 0) is 16.3 Å². The molecule has 6 rings (SSSR count). The Morgan fingerprint density at radius 3 is 2.69 bits per heavy atom. The van der Waals surface area contributed by atoms with Crippen LogP contribution in [0.3, 0.4) is 0 Å². The first-order valence-corrected chi connectivity index (χ1v) is 16.6. The number of anilines is 4. The third kappa shape index (κ3) is 6.56. The molecule has 0 aliphatic carbocycles. The molecule has 5 aromatic rings. The van der Waals surface area contributed by atoms with Gasteiger partial charge in [-0.25, -0.2) is 9.97 Å². The van der Waals surface area contributed by atoms with Crippen molar-refractivity contribution in [1.29, 1.82) is 5.26 Å². The third-order valence-corrected chi connectivity index (χ3v) is 7.60. The summed E-state index contributed by atoms with van der Waals surface area (Å²) in [5.74, 6) is 1.20. The first kappa shape index (κ1) is 30.0. The predicted octanol–water partition coefficient (Wildman–Crippen LogP) is 4.77. The zero-order chi connectivity index (χ0) is 31.6. The lowest BCUT2D eigenvalue weighted by molar-refractivity contribution is 0.0279. The molecule has 14 nitrogen and oxygen atoms in total. The zero-order valence-electron chi connectivity index (χ0n) is 25.1. The standard InChI is InChI=1S/C30H31N10O4P/c1-40-17-19(15-36-40)20-11-24(25(42-2)12-21(20)26-16-32-9-10-43-26)38-30-35-14-18(13-31)29(39-30)37-23-6-5-22-27(34-8-7-33-22)28(23)44-45(3,4)41/h5-8,11-12,14-15,17,26,32H,9-10,16H2,1-4H3,(H2,35,37,38,39). The van der Waals surface area contributed by atoms with Gasteiger partial charge in [0.25, 0.3) is 0 Å². The normalized spacial score (nSPS) is 15.0. The summed E-state index contributed by atoms with van der Waals surface area (Å²) >= 11 is 0. The summed E-state index contributed by atoms with van der Waals surface area (Å²) in [6.07, 6.45) is 8.05. The van der Waals surface area contributed by atoms with Crippen molar-refractivity contribution in [3.63, 3.8) is 0 Å². The fraction of sp³-hybridized carbons (Fsp3) is 0.267. The minimum Gasteiger partial charge on any atom is -0.495 e. The highest BCUT2D eigenvalue weighted by Gasteiger charge is 2.24. The maximum absolute atomic E-state index is 12.7. The number of fused-ring (bicyclic) bond motifs is 1. The summed E-state index contributed by atoms with van der Waals surface area (Å²) in [5, 5.41) is 24.0. The molecule has 1 aliphatic rings. The van der Waals surface area contributed by atoms with Crippen molar-refractivity contribution in [2.75, 3.05) is 50.8 Å². The van der Waals surface area contributed by atoms with Gasteiger partial charge < -0.3 is 29.9 Å². The second kappa shape index (κ2) is 12.5. The van der Waals surface area contributed by atoms with Crippen molar-refractivity contribution in [1.82, 2.24) is 35.0 Å². The van der Waals surface area contributed by atoms with E-state index in [1.54, 1.807) is 36.3 Å². The van der Waals surface area contributed by atoms with Gasteiger partial charge in [0.15, 0.2) is 11.6 Å². The van der Waals surface area contributed by atoms with Crippen molar-refractivity contribution >= 4 is 41.5 Å². The van der Waals surface area contributed by atoms with Gasteiger partial charge in [0.05, 0.1) is 49.1 Å². The number of methoxy groups -OCH3 is 1. The van der Waals surface area contributed by atoms with E-state index >= 15 is 0 Å². The molecular formula is C30H31N10O4P. The monoisotopic (exact) mass is 626 g/mol. The number of aromatic nitrogens is 6. The second-order valence-electron chi connectivity index (χ2n) is 10.6. The fourth-order valence-corrected chi connectivity index (χ4v) is 5.62. The Bertz CT molecular complexity index is 1960. The van der Waals surface area contributed by atoms with Crippen LogP contribution in [0.1, 0.15) is 17.2 Å². The van der Waals surface area contributed by atoms with Crippen LogP contribution in [0, 0.1) is 11.3 Å². The minimum atomic E-state index is -3.00. The van der Waals surface area contributed by atoms with E-state index in [0.29, 0.717) is 41.3 Å². The summed E-state index contributed by atoms with van der Waals surface area (Å²) in [6.45, 7) is 5.06. The van der Waals surface area contributed by atoms with Crippen molar-refractivity contribution < 1.29 is 18.6 Å². The number of nitriles is 1. The third-order valence-electron chi connectivity index (χ3n) is 6.98. The lowest BCUT2D eigenvalue weighted by Crippen LogP contribution is -2.33. The smallest absolute Gasteiger partial charge is 0.242 e. The molecule has 230 valence electrons. The average Bonchev–Trinajstić information content (AvgIpc) is 3.48. The number of hydrogen-bond donors (Lipinski definition) is 3. The topological polar surface area (TPSA) is 174 Å². The fourth-order valence-electron chi connectivity index (χ4n) is 4.99. The number of nitrogens with zero attached hydrogens (tertiary/aromatic N) is 7. The Hall–Kier alpha value is -5.09. The van der Waals surface area contributed by atoms with E-state index in [9.17, 15) is 9.83 Å². The summed E-state index contributed by atoms with van der Waals surface area (Å²) in [7, 11) is 0.450. The molecule has 0 saturated carbocycles. The van der Waals surface area contributed by atoms with E-state index in [1.807, 2.05) is 25.4 Å². The van der Waals surface area contributed by atoms with Gasteiger partial charge in [-0.05, 0) is 35.4 Å². The van der Waals surface area contributed by atoms with Crippen LogP contribution in [0.15, 0.2) is 55.2 Å². The highest BCUT2D eigenvalue weighted by atomic mass is 31.2. The average molecular weight is 627 g/mol. The van der Waals surface area contributed by atoms with Crippen molar-refractivity contribution in [2.24, 2.45) is 7.05 Å². The maximum atomic E-state index is 12.7. The molecule has 1 saturated heterocycles. The number of rotatable bonds is 9. The summed E-state index contributed by atoms with van der Waals surface area (Å²) in [6, 6.07) is 9.47. The summed E-state index contributed by atoms with van der Waals surface area (Å²) < 4.78 is 32.2. The molecule has 0 spiro atoms. The van der Waals surface area contributed by atoms with E-state index in [-0.39, 0.29) is 29.2 Å². The van der Waals surface area contributed by atoms with E-state index in [1.165, 1.54) is 25.7 Å². The molecule has 1 atom stereocenters. The molecule has 1 fully saturated rings. The van der Waals surface area contributed by atoms with Gasteiger partial charge >= 0.3 is 0 Å². The van der Waals surface area contributed by atoms with E-state index in [2.05, 4.69) is 47.1 Å². The molecule has 3 aromatic heterocycles. The maximum Gasteiger partial charge on any atom is 0.242 e. The molecule has 0 radical (unpaired) electrons. The van der Waals surface area contributed by atoms with Gasteiger partial charge in [0, 0.05) is 57.6 Å². The zero-order valence-corrected chi connectivity index (χ0v) is 26.0. The molecule has 1 aliphatic heterocycles. The Balaban J connectivity index is 1.39. The number of nitrogens with one attached hydrogen (secondary N) is 3. The summed E-state index contributed by atoms with van der Waals surface area (Å²) in [5.41, 5.74) is 4.95. The summed E-state index contributed by atoms with van der Waals surface area (Å²) in [4.78, 5) is 17.7. The van der Waals surface area contributed by atoms with Crippen LogP contribution in [-0.4, -0.2) is 69.9 Å². The molecule has 2 aromatic carbocycles. The first-order valence-electron chi connectivity index (χ1n) is 14.0. The number of morpholine rings is 1. The van der Waals surface area contributed by atoms with Crippen molar-refractivity contribution in [3.05, 3.63) is 66.4 Å². The number of hydrogen-bond acceptors (Lipinski definition) is 13. The molecular weight excluding hydrogens is 595 g/mol. The van der Waals surface area contributed by atoms with E-state index in [0.717, 1.165) is 23.2 Å². The molecule has 0 amide bonds. The highest BCUT2D eigenvalue weighted by molar-refractivity contribution is 7.57. The number of benzene rings is 2. The Morgan fingerprint density at radius 1 is 1.13 bits per heavy atom. The molecule has 1 unspecified atom stereocenters. The van der Waals surface area contributed by atoms with Crippen LogP contribution in [0.4, 0.5) is 23.1 Å². The minimum absolute atomic E-state index is 0.177. The van der Waals surface area contributed by atoms with Crippen molar-refractivity contribution in [3.8, 4) is 28.7 Å². The predicted molar refractivity (Wildman–Crippen MR) is 170 cm³/mol. The van der Waals surface area contributed by atoms with Crippen molar-refractivity contribution in [2.45, 2.75) is 6.10 Å². The first-order chi connectivity index (χ1) is 21.7. The van der Waals surface area contributed by atoms with Crippen LogP contribution < -0.4 is 25.2 Å². The lowest BCUT2D eigenvalue weighted by atomic mass is 9.96. The highest BCUT2D eigenvalue weighted by Crippen LogP contribution is 2.45. The van der Waals surface area contributed by atoms with Gasteiger partial charge in [-0.15, -0.1) is 0 Å². The number of ether oxygens (including phenoxy) is 2. The lowest BCUT2D eigenvalue weighted by Gasteiger charge is -2.27. The van der Waals surface area contributed by atoms with Gasteiger partial charge in [0.2, 0.25) is 13.3 Å². The van der Waals surface area contributed by atoms with Crippen LogP contribution >= 0.6 is 7.37 Å². The van der Waals surface area contributed by atoms with Crippen LogP contribution in [0.2, 0.25) is 0 Å². The largest absolute Gasteiger partial charge is 0.495 e. The second-order valence-corrected chi connectivity index (χ2v) is 13.3. The van der Waals surface area contributed by atoms with Crippen LogP contribution in [0.25, 0.3) is 22.2 Å². The van der Waals surface area contributed by atoms with Gasteiger partial charge in [-0.3, -0.25) is 14.2 Å². The van der Waals surface area contributed by atoms with E-state index < -0.39 is 7.37 Å².